The molecule has 0 spiro atoms. The van der Waals surface area contributed by atoms with Crippen LogP contribution in [0.5, 0.6) is 0 Å². The van der Waals surface area contributed by atoms with Crippen LogP contribution in [0.15, 0.2) is 65.1 Å². The molecule has 0 bridgehead atoms. The molecule has 0 N–H and O–H groups in total. The van der Waals surface area contributed by atoms with Crippen molar-refractivity contribution in [3.63, 3.8) is 0 Å². The van der Waals surface area contributed by atoms with E-state index in [-0.39, 0.29) is 5.91 Å². The number of fused-ring (bicyclic) bond motifs is 1. The van der Waals surface area contributed by atoms with Gasteiger partial charge in [0, 0.05) is 12.4 Å². The lowest BCUT2D eigenvalue weighted by Gasteiger charge is -2.15. The number of amides is 1. The van der Waals surface area contributed by atoms with E-state index < -0.39 is 0 Å². The molecule has 106 valence electrons. The molecule has 0 atom stereocenters. The highest BCUT2D eigenvalue weighted by Crippen LogP contribution is 2.19. The van der Waals surface area contributed by atoms with Crippen LogP contribution in [-0.4, -0.2) is 17.9 Å². The molecule has 0 aliphatic rings. The molecular formula is C18H17NO2. The van der Waals surface area contributed by atoms with E-state index in [1.807, 2.05) is 60.7 Å². The Hall–Kier alpha value is -2.55. The molecule has 0 saturated heterocycles. The first-order valence-corrected chi connectivity index (χ1v) is 6.98. The van der Waals surface area contributed by atoms with E-state index in [0.29, 0.717) is 13.0 Å². The van der Waals surface area contributed by atoms with Crippen LogP contribution < -0.4 is 0 Å². The van der Waals surface area contributed by atoms with Crippen molar-refractivity contribution in [2.24, 2.45) is 0 Å². The van der Waals surface area contributed by atoms with Crippen molar-refractivity contribution < 1.29 is 9.21 Å². The molecule has 1 amide bonds. The van der Waals surface area contributed by atoms with E-state index >= 15 is 0 Å². The third-order valence-corrected chi connectivity index (χ3v) is 3.49. The maximum absolute atomic E-state index is 12.2. The molecule has 0 unspecified atom stereocenters. The first kappa shape index (κ1) is 13.4. The molecule has 0 fully saturated rings. The third kappa shape index (κ3) is 3.14. The second-order valence-electron chi connectivity index (χ2n) is 5.16. The summed E-state index contributed by atoms with van der Waals surface area (Å²) in [5.74, 6) is 0.891. The molecule has 3 nitrogen and oxygen atoms in total. The summed E-state index contributed by atoms with van der Waals surface area (Å²) >= 11 is 0. The Labute approximate surface area is 123 Å². The Morgan fingerprint density at radius 1 is 1.05 bits per heavy atom. The predicted molar refractivity (Wildman–Crippen MR) is 82.8 cm³/mol. The molecule has 2 aromatic carbocycles. The Morgan fingerprint density at radius 2 is 1.76 bits per heavy atom. The van der Waals surface area contributed by atoms with Crippen LogP contribution >= 0.6 is 0 Å². The van der Waals surface area contributed by atoms with Crippen LogP contribution in [0.25, 0.3) is 11.0 Å². The summed E-state index contributed by atoms with van der Waals surface area (Å²) in [7, 11) is 1.80. The Balaban J connectivity index is 1.67. The minimum absolute atomic E-state index is 0.0849. The van der Waals surface area contributed by atoms with Gasteiger partial charge in [0.05, 0.1) is 13.0 Å². The van der Waals surface area contributed by atoms with Gasteiger partial charge in [0.1, 0.15) is 11.3 Å². The summed E-state index contributed by atoms with van der Waals surface area (Å²) in [4.78, 5) is 13.9. The van der Waals surface area contributed by atoms with Crippen LogP contribution in [0.4, 0.5) is 0 Å². The fourth-order valence-electron chi connectivity index (χ4n) is 2.34. The van der Waals surface area contributed by atoms with Crippen molar-refractivity contribution in [2.45, 2.75) is 13.0 Å². The summed E-state index contributed by atoms with van der Waals surface area (Å²) in [6.07, 6.45) is 0.414. The van der Waals surface area contributed by atoms with Crippen molar-refractivity contribution >= 4 is 16.9 Å². The zero-order chi connectivity index (χ0) is 14.7. The summed E-state index contributed by atoms with van der Waals surface area (Å²) in [5.41, 5.74) is 1.88. The maximum Gasteiger partial charge on any atom is 0.227 e. The normalized spacial score (nSPS) is 10.7. The molecule has 0 aliphatic carbocycles. The highest BCUT2D eigenvalue weighted by molar-refractivity contribution is 5.79. The van der Waals surface area contributed by atoms with Gasteiger partial charge in [-0.05, 0) is 17.7 Å². The minimum Gasteiger partial charge on any atom is -0.459 e. The van der Waals surface area contributed by atoms with Gasteiger partial charge in [-0.1, -0.05) is 48.5 Å². The third-order valence-electron chi connectivity index (χ3n) is 3.49. The van der Waals surface area contributed by atoms with E-state index in [4.69, 9.17) is 4.42 Å². The zero-order valence-corrected chi connectivity index (χ0v) is 12.0. The molecule has 3 aromatic rings. The molecule has 3 rings (SSSR count). The number of carbonyl (C=O) groups is 1. The SMILES string of the molecule is CN(Cc1cc2ccccc2o1)C(=O)Cc1ccccc1. The highest BCUT2D eigenvalue weighted by atomic mass is 16.3. The first-order chi connectivity index (χ1) is 10.2. The average molecular weight is 279 g/mol. The first-order valence-electron chi connectivity index (χ1n) is 6.98. The number of rotatable bonds is 4. The largest absolute Gasteiger partial charge is 0.459 e. The van der Waals surface area contributed by atoms with Crippen molar-refractivity contribution in [3.05, 3.63) is 72.0 Å². The van der Waals surface area contributed by atoms with E-state index in [1.54, 1.807) is 11.9 Å². The number of hydrogen-bond donors (Lipinski definition) is 0. The predicted octanol–water partition coefficient (Wildman–Crippen LogP) is 3.63. The second kappa shape index (κ2) is 5.83. The van der Waals surface area contributed by atoms with Crippen LogP contribution in [0.2, 0.25) is 0 Å². The smallest absolute Gasteiger partial charge is 0.227 e. The van der Waals surface area contributed by atoms with Gasteiger partial charge in [-0.15, -0.1) is 0 Å². The van der Waals surface area contributed by atoms with Gasteiger partial charge in [-0.3, -0.25) is 4.79 Å². The van der Waals surface area contributed by atoms with Crippen molar-refractivity contribution in [2.75, 3.05) is 7.05 Å². The van der Waals surface area contributed by atoms with Crippen molar-refractivity contribution in [1.82, 2.24) is 4.90 Å². The van der Waals surface area contributed by atoms with Gasteiger partial charge >= 0.3 is 0 Å². The number of likely N-dealkylation sites (N-methyl/N-ethyl adjacent to an activating group) is 1. The van der Waals surface area contributed by atoms with Gasteiger partial charge in [0.25, 0.3) is 0 Å². The second-order valence-corrected chi connectivity index (χ2v) is 5.16. The lowest BCUT2D eigenvalue weighted by molar-refractivity contribution is -0.129. The van der Waals surface area contributed by atoms with Gasteiger partial charge < -0.3 is 9.32 Å². The minimum atomic E-state index is 0.0849. The Kier molecular flexibility index (Phi) is 3.73. The van der Waals surface area contributed by atoms with E-state index in [2.05, 4.69) is 0 Å². The maximum atomic E-state index is 12.2. The molecule has 0 saturated carbocycles. The quantitative estimate of drug-likeness (QED) is 0.730. The summed E-state index contributed by atoms with van der Waals surface area (Å²) in [6.45, 7) is 0.486. The molecular weight excluding hydrogens is 262 g/mol. The monoisotopic (exact) mass is 279 g/mol. The van der Waals surface area contributed by atoms with E-state index in [1.165, 1.54) is 0 Å². The fourth-order valence-corrected chi connectivity index (χ4v) is 2.34. The van der Waals surface area contributed by atoms with Crippen LogP contribution in [0.3, 0.4) is 0 Å². The lowest BCUT2D eigenvalue weighted by atomic mass is 10.1. The number of hydrogen-bond acceptors (Lipinski definition) is 2. The van der Waals surface area contributed by atoms with Crippen molar-refractivity contribution in [3.8, 4) is 0 Å². The Morgan fingerprint density at radius 3 is 2.52 bits per heavy atom. The summed E-state index contributed by atoms with van der Waals surface area (Å²) in [6, 6.07) is 19.6. The van der Waals surface area contributed by atoms with Crippen LogP contribution in [0, 0.1) is 0 Å². The average Bonchev–Trinajstić information content (AvgIpc) is 2.90. The molecule has 0 aliphatic heterocycles. The van der Waals surface area contributed by atoms with Gasteiger partial charge in [-0.2, -0.15) is 0 Å². The molecule has 21 heavy (non-hydrogen) atoms. The van der Waals surface area contributed by atoms with Crippen LogP contribution in [-0.2, 0) is 17.8 Å². The molecule has 3 heteroatoms. The molecule has 0 radical (unpaired) electrons. The number of carbonyl (C=O) groups excluding carboxylic acids is 1. The van der Waals surface area contributed by atoms with Crippen molar-refractivity contribution in [1.29, 1.82) is 0 Å². The Bertz CT molecular complexity index is 713. The van der Waals surface area contributed by atoms with Gasteiger partial charge in [-0.25, -0.2) is 0 Å². The van der Waals surface area contributed by atoms with Gasteiger partial charge in [0.15, 0.2) is 0 Å². The highest BCUT2D eigenvalue weighted by Gasteiger charge is 2.12. The standard InChI is InChI=1S/C18H17NO2/c1-19(18(20)11-14-7-3-2-4-8-14)13-16-12-15-9-5-6-10-17(15)21-16/h2-10,12H,11,13H2,1H3. The lowest BCUT2D eigenvalue weighted by Crippen LogP contribution is -2.27. The number of para-hydroxylation sites is 1. The number of benzene rings is 2. The molecule has 1 aromatic heterocycles. The van der Waals surface area contributed by atoms with E-state index in [9.17, 15) is 4.79 Å². The topological polar surface area (TPSA) is 33.5 Å². The number of nitrogens with zero attached hydrogens (tertiary/aromatic N) is 1. The zero-order valence-electron chi connectivity index (χ0n) is 12.0. The molecule has 1 heterocycles. The summed E-state index contributed by atoms with van der Waals surface area (Å²) in [5, 5.41) is 1.07. The van der Waals surface area contributed by atoms with Crippen LogP contribution in [0.1, 0.15) is 11.3 Å². The van der Waals surface area contributed by atoms with E-state index in [0.717, 1.165) is 22.3 Å². The fraction of sp³-hybridized carbons (Fsp3) is 0.167. The van der Waals surface area contributed by atoms with Gasteiger partial charge in [0.2, 0.25) is 5.91 Å². The summed E-state index contributed by atoms with van der Waals surface area (Å²) < 4.78 is 5.75. The number of furan rings is 1.